The van der Waals surface area contributed by atoms with Crippen molar-refractivity contribution in [3.05, 3.63) is 0 Å². The Labute approximate surface area is 112 Å². The second kappa shape index (κ2) is 7.46. The van der Waals surface area contributed by atoms with Crippen molar-refractivity contribution in [2.24, 2.45) is 0 Å². The summed E-state index contributed by atoms with van der Waals surface area (Å²) < 4.78 is 5.30. The molecule has 2 saturated carbocycles. The Balaban J connectivity index is 1.97. The molecule has 1 N–H and O–H groups in total. The van der Waals surface area contributed by atoms with Gasteiger partial charge in [0.05, 0.1) is 6.61 Å². The average molecular weight is 254 g/mol. The van der Waals surface area contributed by atoms with E-state index in [4.69, 9.17) is 4.74 Å². The Kier molecular flexibility index (Phi) is 5.93. The van der Waals surface area contributed by atoms with Gasteiger partial charge in [0, 0.05) is 31.8 Å². The average Bonchev–Trinajstić information content (AvgIpc) is 3.16. The second-order valence-electron chi connectivity index (χ2n) is 5.92. The largest absolute Gasteiger partial charge is 0.383 e. The van der Waals surface area contributed by atoms with E-state index in [1.807, 2.05) is 7.11 Å². The molecule has 0 bridgehead atoms. The smallest absolute Gasteiger partial charge is 0.0589 e. The number of hydrogen-bond donors (Lipinski definition) is 1. The van der Waals surface area contributed by atoms with Gasteiger partial charge in [-0.1, -0.05) is 25.7 Å². The standard InChI is InChI=1S/C15H30N2O/c1-16-14-7-5-3-4-6-8-15(14)17(11-12-18-2)13-9-10-13/h13-16H,3-12H2,1-2H3. The van der Waals surface area contributed by atoms with Crippen LogP contribution in [0.1, 0.15) is 51.4 Å². The zero-order valence-electron chi connectivity index (χ0n) is 12.2. The van der Waals surface area contributed by atoms with E-state index in [2.05, 4.69) is 17.3 Å². The zero-order chi connectivity index (χ0) is 12.8. The molecule has 0 aliphatic heterocycles. The Bertz CT molecular complexity index is 231. The van der Waals surface area contributed by atoms with E-state index >= 15 is 0 Å². The molecular weight excluding hydrogens is 224 g/mol. The first-order valence-corrected chi connectivity index (χ1v) is 7.78. The van der Waals surface area contributed by atoms with Gasteiger partial charge in [-0.3, -0.25) is 4.90 Å². The Morgan fingerprint density at radius 1 is 1.06 bits per heavy atom. The van der Waals surface area contributed by atoms with Gasteiger partial charge in [0.25, 0.3) is 0 Å². The summed E-state index contributed by atoms with van der Waals surface area (Å²) in [5, 5.41) is 3.58. The molecule has 0 aromatic carbocycles. The number of methoxy groups -OCH3 is 1. The van der Waals surface area contributed by atoms with Crippen LogP contribution in [0.4, 0.5) is 0 Å². The van der Waals surface area contributed by atoms with Gasteiger partial charge in [-0.05, 0) is 32.7 Å². The summed E-state index contributed by atoms with van der Waals surface area (Å²) in [5.41, 5.74) is 0. The predicted molar refractivity (Wildman–Crippen MR) is 75.9 cm³/mol. The molecule has 106 valence electrons. The van der Waals surface area contributed by atoms with Gasteiger partial charge in [-0.15, -0.1) is 0 Å². The van der Waals surface area contributed by atoms with E-state index in [1.54, 1.807) is 0 Å². The molecule has 3 nitrogen and oxygen atoms in total. The highest BCUT2D eigenvalue weighted by atomic mass is 16.5. The van der Waals surface area contributed by atoms with Gasteiger partial charge in [0.15, 0.2) is 0 Å². The molecule has 0 radical (unpaired) electrons. The van der Waals surface area contributed by atoms with Crippen molar-refractivity contribution < 1.29 is 4.74 Å². The molecule has 2 unspecified atom stereocenters. The van der Waals surface area contributed by atoms with Crippen LogP contribution in [0.3, 0.4) is 0 Å². The van der Waals surface area contributed by atoms with Crippen molar-refractivity contribution in [3.63, 3.8) is 0 Å². The van der Waals surface area contributed by atoms with Gasteiger partial charge in [0.1, 0.15) is 0 Å². The summed E-state index contributed by atoms with van der Waals surface area (Å²) in [4.78, 5) is 2.75. The maximum Gasteiger partial charge on any atom is 0.0589 e. The topological polar surface area (TPSA) is 24.5 Å². The number of ether oxygens (including phenoxy) is 1. The van der Waals surface area contributed by atoms with Crippen LogP contribution in [-0.2, 0) is 4.74 Å². The van der Waals surface area contributed by atoms with Crippen LogP contribution in [0.25, 0.3) is 0 Å². The second-order valence-corrected chi connectivity index (χ2v) is 5.92. The molecule has 0 spiro atoms. The number of likely N-dealkylation sites (N-methyl/N-ethyl adjacent to an activating group) is 1. The van der Waals surface area contributed by atoms with E-state index in [0.717, 1.165) is 25.2 Å². The monoisotopic (exact) mass is 254 g/mol. The minimum Gasteiger partial charge on any atom is -0.383 e. The molecule has 18 heavy (non-hydrogen) atoms. The van der Waals surface area contributed by atoms with E-state index in [9.17, 15) is 0 Å². The summed E-state index contributed by atoms with van der Waals surface area (Å²) in [5.74, 6) is 0. The van der Waals surface area contributed by atoms with Gasteiger partial charge < -0.3 is 10.1 Å². The molecule has 0 saturated heterocycles. The fraction of sp³-hybridized carbons (Fsp3) is 1.00. The fourth-order valence-electron chi connectivity index (χ4n) is 3.42. The van der Waals surface area contributed by atoms with Crippen LogP contribution in [0.15, 0.2) is 0 Å². The van der Waals surface area contributed by atoms with Crippen molar-refractivity contribution in [2.75, 3.05) is 27.3 Å². The van der Waals surface area contributed by atoms with Gasteiger partial charge in [0.2, 0.25) is 0 Å². The summed E-state index contributed by atoms with van der Waals surface area (Å²) in [7, 11) is 3.96. The Morgan fingerprint density at radius 3 is 2.39 bits per heavy atom. The highest BCUT2D eigenvalue weighted by molar-refractivity contribution is 4.93. The highest BCUT2D eigenvalue weighted by Crippen LogP contribution is 2.32. The SMILES string of the molecule is CNC1CCCCCCC1N(CCOC)C1CC1. The molecule has 2 atom stereocenters. The quantitative estimate of drug-likeness (QED) is 0.788. The lowest BCUT2D eigenvalue weighted by molar-refractivity contribution is 0.0857. The van der Waals surface area contributed by atoms with Crippen molar-refractivity contribution >= 4 is 0 Å². The summed E-state index contributed by atoms with van der Waals surface area (Å²) in [6, 6.07) is 2.26. The molecule has 2 fully saturated rings. The maximum absolute atomic E-state index is 5.30. The van der Waals surface area contributed by atoms with Crippen LogP contribution in [-0.4, -0.2) is 50.3 Å². The minimum atomic E-state index is 0.683. The zero-order valence-corrected chi connectivity index (χ0v) is 12.2. The number of hydrogen-bond acceptors (Lipinski definition) is 3. The minimum absolute atomic E-state index is 0.683. The molecule has 2 rings (SSSR count). The lowest BCUT2D eigenvalue weighted by atomic mass is 9.91. The molecular formula is C15H30N2O. The van der Waals surface area contributed by atoms with Crippen LogP contribution in [0, 0.1) is 0 Å². The van der Waals surface area contributed by atoms with Crippen molar-refractivity contribution in [1.82, 2.24) is 10.2 Å². The predicted octanol–water partition coefficient (Wildman–Crippen LogP) is 2.41. The first-order chi connectivity index (χ1) is 8.86. The van der Waals surface area contributed by atoms with E-state index in [-0.39, 0.29) is 0 Å². The highest BCUT2D eigenvalue weighted by Gasteiger charge is 2.36. The van der Waals surface area contributed by atoms with Crippen LogP contribution < -0.4 is 5.32 Å². The van der Waals surface area contributed by atoms with Crippen molar-refractivity contribution in [2.45, 2.75) is 69.5 Å². The van der Waals surface area contributed by atoms with Crippen molar-refractivity contribution in [1.29, 1.82) is 0 Å². The number of rotatable bonds is 6. The third kappa shape index (κ3) is 3.94. The van der Waals surface area contributed by atoms with Gasteiger partial charge >= 0.3 is 0 Å². The lowest BCUT2D eigenvalue weighted by Crippen LogP contribution is -2.51. The van der Waals surface area contributed by atoms with Gasteiger partial charge in [-0.25, -0.2) is 0 Å². The number of nitrogens with one attached hydrogen (secondary N) is 1. The summed E-state index contributed by atoms with van der Waals surface area (Å²) >= 11 is 0. The van der Waals surface area contributed by atoms with Crippen molar-refractivity contribution in [3.8, 4) is 0 Å². The van der Waals surface area contributed by atoms with Gasteiger partial charge in [-0.2, -0.15) is 0 Å². The third-order valence-electron chi connectivity index (χ3n) is 4.60. The molecule has 3 heteroatoms. The summed E-state index contributed by atoms with van der Waals surface area (Å²) in [6.07, 6.45) is 11.2. The first-order valence-electron chi connectivity index (χ1n) is 7.78. The van der Waals surface area contributed by atoms with Crippen LogP contribution in [0.2, 0.25) is 0 Å². The molecule has 2 aliphatic carbocycles. The van der Waals surface area contributed by atoms with Crippen LogP contribution >= 0.6 is 0 Å². The lowest BCUT2D eigenvalue weighted by Gasteiger charge is -2.38. The van der Waals surface area contributed by atoms with E-state index in [0.29, 0.717) is 6.04 Å². The Morgan fingerprint density at radius 2 is 1.78 bits per heavy atom. The third-order valence-corrected chi connectivity index (χ3v) is 4.60. The first kappa shape index (κ1) is 14.3. The maximum atomic E-state index is 5.30. The van der Waals surface area contributed by atoms with E-state index < -0.39 is 0 Å². The number of nitrogens with zero attached hydrogens (tertiary/aromatic N) is 1. The molecule has 0 amide bonds. The summed E-state index contributed by atoms with van der Waals surface area (Å²) in [6.45, 7) is 1.99. The fourth-order valence-corrected chi connectivity index (χ4v) is 3.42. The Hall–Kier alpha value is -0.120. The molecule has 0 aromatic rings. The molecule has 2 aliphatic rings. The molecule has 0 aromatic heterocycles. The van der Waals surface area contributed by atoms with E-state index in [1.165, 1.54) is 51.4 Å². The van der Waals surface area contributed by atoms with Crippen LogP contribution in [0.5, 0.6) is 0 Å². The molecule has 0 heterocycles. The normalized spacial score (nSPS) is 30.2.